The second-order valence-corrected chi connectivity index (χ2v) is 3.15. The predicted octanol–water partition coefficient (Wildman–Crippen LogP) is -0.993. The predicted molar refractivity (Wildman–Crippen MR) is 48.2 cm³/mol. The summed E-state index contributed by atoms with van der Waals surface area (Å²) in [5.74, 6) is -2.62. The van der Waals surface area contributed by atoms with Gasteiger partial charge >= 0.3 is 5.97 Å². The molecule has 0 saturated carbocycles. The highest BCUT2D eigenvalue weighted by Gasteiger charge is 2.25. The van der Waals surface area contributed by atoms with Crippen molar-refractivity contribution >= 4 is 17.8 Å². The van der Waals surface area contributed by atoms with Crippen molar-refractivity contribution < 1.29 is 19.5 Å². The third-order valence-corrected chi connectivity index (χ3v) is 1.43. The fourth-order valence-corrected chi connectivity index (χ4v) is 0.558. The van der Waals surface area contributed by atoms with Crippen LogP contribution in [-0.2, 0) is 14.4 Å². The van der Waals surface area contributed by atoms with E-state index in [0.717, 1.165) is 6.08 Å². The molecule has 0 aliphatic rings. The number of hydrogen-bond acceptors (Lipinski definition) is 3. The molecule has 0 bridgehead atoms. The molecule has 0 spiro atoms. The first kappa shape index (κ1) is 12.2. The summed E-state index contributed by atoms with van der Waals surface area (Å²) in [4.78, 5) is 31.8. The lowest BCUT2D eigenvalue weighted by molar-refractivity contribution is -0.131. The second kappa shape index (κ2) is 4.40. The number of carbonyl (C=O) groups is 3. The Morgan fingerprint density at radius 2 is 1.79 bits per heavy atom. The third kappa shape index (κ3) is 4.24. The van der Waals surface area contributed by atoms with Gasteiger partial charge in [-0.25, -0.2) is 4.79 Å². The smallest absolute Gasteiger partial charge is 0.328 e. The highest BCUT2D eigenvalue weighted by atomic mass is 16.4. The molecular formula is C8H12N2O4. The molecule has 6 nitrogen and oxygen atoms in total. The minimum absolute atomic E-state index is 0.673. The van der Waals surface area contributed by atoms with Gasteiger partial charge in [0.2, 0.25) is 11.8 Å². The zero-order valence-corrected chi connectivity index (χ0v) is 7.90. The van der Waals surface area contributed by atoms with Gasteiger partial charge in [0.1, 0.15) is 5.54 Å². The van der Waals surface area contributed by atoms with E-state index in [-0.39, 0.29) is 0 Å². The molecule has 6 heteroatoms. The zero-order chi connectivity index (χ0) is 11.4. The normalized spacial score (nSPS) is 11.3. The number of carboxylic acids is 1. The maximum absolute atomic E-state index is 11.0. The molecule has 0 radical (unpaired) electrons. The number of nitrogens with one attached hydrogen (secondary N) is 1. The van der Waals surface area contributed by atoms with E-state index in [2.05, 4.69) is 5.32 Å². The summed E-state index contributed by atoms with van der Waals surface area (Å²) >= 11 is 0. The quantitative estimate of drug-likeness (QED) is 0.506. The van der Waals surface area contributed by atoms with Crippen LogP contribution in [0.5, 0.6) is 0 Å². The molecule has 0 fully saturated rings. The molecule has 2 amide bonds. The molecule has 0 heterocycles. The summed E-state index contributed by atoms with van der Waals surface area (Å²) in [5.41, 5.74) is 3.79. The van der Waals surface area contributed by atoms with Crippen molar-refractivity contribution in [1.82, 2.24) is 5.32 Å². The lowest BCUT2D eigenvalue weighted by Crippen LogP contribution is -2.52. The molecule has 0 unspecified atom stereocenters. The van der Waals surface area contributed by atoms with E-state index in [1.807, 2.05) is 0 Å². The van der Waals surface area contributed by atoms with E-state index >= 15 is 0 Å². The van der Waals surface area contributed by atoms with E-state index in [1.165, 1.54) is 13.8 Å². The standard InChI is InChI=1S/C8H12N2O4/c1-8(2,7(9)14)10-5(11)3-4-6(12)13/h3-4H,1-2H3,(H2,9,14)(H,10,11)(H,12,13). The first-order chi connectivity index (χ1) is 6.25. The Labute approximate surface area is 80.8 Å². The van der Waals surface area contributed by atoms with Crippen LogP contribution < -0.4 is 11.1 Å². The molecule has 0 aromatic carbocycles. The number of nitrogens with two attached hydrogens (primary N) is 1. The number of amides is 2. The third-order valence-electron chi connectivity index (χ3n) is 1.43. The van der Waals surface area contributed by atoms with E-state index < -0.39 is 23.3 Å². The average Bonchev–Trinajstić information content (AvgIpc) is 1.99. The highest BCUT2D eigenvalue weighted by molar-refractivity contribution is 5.97. The Morgan fingerprint density at radius 3 is 2.14 bits per heavy atom. The Balaban J connectivity index is 4.33. The van der Waals surface area contributed by atoms with Gasteiger partial charge in [-0.1, -0.05) is 0 Å². The number of primary amides is 1. The van der Waals surface area contributed by atoms with Gasteiger partial charge in [-0.3, -0.25) is 9.59 Å². The van der Waals surface area contributed by atoms with Crippen LogP contribution >= 0.6 is 0 Å². The first-order valence-electron chi connectivity index (χ1n) is 3.79. The van der Waals surface area contributed by atoms with Crippen molar-refractivity contribution in [2.75, 3.05) is 0 Å². The van der Waals surface area contributed by atoms with Crippen LogP contribution in [0.4, 0.5) is 0 Å². The summed E-state index contributed by atoms with van der Waals surface area (Å²) in [6.45, 7) is 2.84. The molecule has 0 rings (SSSR count). The van der Waals surface area contributed by atoms with E-state index in [1.54, 1.807) is 0 Å². The lowest BCUT2D eigenvalue weighted by Gasteiger charge is -2.20. The van der Waals surface area contributed by atoms with Crippen molar-refractivity contribution in [3.05, 3.63) is 12.2 Å². The summed E-state index contributed by atoms with van der Waals surface area (Å²) in [7, 11) is 0. The highest BCUT2D eigenvalue weighted by Crippen LogP contribution is 1.99. The average molecular weight is 200 g/mol. The van der Waals surface area contributed by atoms with Gasteiger partial charge in [0.15, 0.2) is 0 Å². The SMILES string of the molecule is CC(C)(NC(=O)C=CC(=O)O)C(N)=O. The number of carbonyl (C=O) groups excluding carboxylic acids is 2. The van der Waals surface area contributed by atoms with E-state index in [4.69, 9.17) is 10.8 Å². The van der Waals surface area contributed by atoms with Gasteiger partial charge in [0.25, 0.3) is 0 Å². The van der Waals surface area contributed by atoms with Gasteiger partial charge in [-0.15, -0.1) is 0 Å². The first-order valence-corrected chi connectivity index (χ1v) is 3.79. The van der Waals surface area contributed by atoms with Gasteiger partial charge < -0.3 is 16.2 Å². The number of aliphatic carboxylic acids is 1. The summed E-state index contributed by atoms with van der Waals surface area (Å²) in [6, 6.07) is 0. The molecular weight excluding hydrogens is 188 g/mol. The Bertz CT molecular complexity index is 294. The maximum Gasteiger partial charge on any atom is 0.328 e. The van der Waals surface area contributed by atoms with Crippen LogP contribution in [0.2, 0.25) is 0 Å². The zero-order valence-electron chi connectivity index (χ0n) is 7.90. The number of carboxylic acid groups (broad SMARTS) is 1. The minimum Gasteiger partial charge on any atom is -0.478 e. The van der Waals surface area contributed by atoms with E-state index in [0.29, 0.717) is 6.08 Å². The van der Waals surface area contributed by atoms with Gasteiger partial charge in [-0.05, 0) is 13.8 Å². The largest absolute Gasteiger partial charge is 0.478 e. The molecule has 0 atom stereocenters. The fraction of sp³-hybridized carbons (Fsp3) is 0.375. The molecule has 0 aromatic rings. The monoisotopic (exact) mass is 200 g/mol. The Hall–Kier alpha value is -1.85. The van der Waals surface area contributed by atoms with Crippen LogP contribution in [0.25, 0.3) is 0 Å². The van der Waals surface area contributed by atoms with E-state index in [9.17, 15) is 14.4 Å². The van der Waals surface area contributed by atoms with Crippen molar-refractivity contribution in [3.8, 4) is 0 Å². The van der Waals surface area contributed by atoms with Crippen LogP contribution in [0.1, 0.15) is 13.8 Å². The summed E-state index contributed by atoms with van der Waals surface area (Å²) in [6.07, 6.45) is 1.49. The molecule has 0 saturated heterocycles. The summed E-state index contributed by atoms with van der Waals surface area (Å²) < 4.78 is 0. The van der Waals surface area contributed by atoms with Gasteiger partial charge in [0.05, 0.1) is 0 Å². The van der Waals surface area contributed by atoms with Gasteiger partial charge in [-0.2, -0.15) is 0 Å². The number of hydrogen-bond donors (Lipinski definition) is 3. The Morgan fingerprint density at radius 1 is 1.29 bits per heavy atom. The number of rotatable bonds is 4. The molecule has 4 N–H and O–H groups in total. The lowest BCUT2D eigenvalue weighted by atomic mass is 10.1. The van der Waals surface area contributed by atoms with Gasteiger partial charge in [0, 0.05) is 12.2 Å². The molecule has 0 aromatic heterocycles. The topological polar surface area (TPSA) is 109 Å². The van der Waals surface area contributed by atoms with Crippen molar-refractivity contribution in [2.24, 2.45) is 5.73 Å². The molecule has 78 valence electrons. The van der Waals surface area contributed by atoms with Crippen LogP contribution in [0.15, 0.2) is 12.2 Å². The van der Waals surface area contributed by atoms with Crippen molar-refractivity contribution in [2.45, 2.75) is 19.4 Å². The molecule has 0 aliphatic heterocycles. The fourth-order valence-electron chi connectivity index (χ4n) is 0.558. The maximum atomic E-state index is 11.0. The van der Waals surface area contributed by atoms with Crippen LogP contribution in [0.3, 0.4) is 0 Å². The van der Waals surface area contributed by atoms with Crippen LogP contribution in [-0.4, -0.2) is 28.4 Å². The van der Waals surface area contributed by atoms with Crippen molar-refractivity contribution in [3.63, 3.8) is 0 Å². The second-order valence-electron chi connectivity index (χ2n) is 3.15. The van der Waals surface area contributed by atoms with Crippen molar-refractivity contribution in [1.29, 1.82) is 0 Å². The molecule has 0 aliphatic carbocycles. The van der Waals surface area contributed by atoms with Crippen LogP contribution in [0, 0.1) is 0 Å². The summed E-state index contributed by atoms with van der Waals surface area (Å²) in [5, 5.41) is 10.5. The minimum atomic E-state index is -1.24. The Kier molecular flexibility index (Phi) is 3.82. The molecule has 14 heavy (non-hydrogen) atoms.